The molecule has 1 atom stereocenters. The van der Waals surface area contributed by atoms with Crippen LogP contribution < -0.4 is 25.3 Å². The summed E-state index contributed by atoms with van der Waals surface area (Å²) in [5.74, 6) is 1.63. The third kappa shape index (κ3) is 5.54. The van der Waals surface area contributed by atoms with Crippen molar-refractivity contribution in [3.63, 3.8) is 0 Å². The number of halogens is 1. The number of guanidine groups is 1. The van der Waals surface area contributed by atoms with E-state index in [0.29, 0.717) is 35.9 Å². The van der Waals surface area contributed by atoms with Crippen LogP contribution in [0.4, 0.5) is 10.1 Å². The quantitative estimate of drug-likeness (QED) is 0.556. The lowest BCUT2D eigenvalue weighted by Gasteiger charge is -2.16. The van der Waals surface area contributed by atoms with Gasteiger partial charge in [-0.2, -0.15) is 0 Å². The van der Waals surface area contributed by atoms with Gasteiger partial charge in [-0.05, 0) is 30.7 Å². The number of nitrogens with zero attached hydrogens (tertiary/aromatic N) is 1. The van der Waals surface area contributed by atoms with E-state index in [9.17, 15) is 4.39 Å². The highest BCUT2D eigenvalue weighted by molar-refractivity contribution is 5.94. The zero-order chi connectivity index (χ0) is 18.9. The van der Waals surface area contributed by atoms with Gasteiger partial charge in [-0.25, -0.2) is 9.38 Å². The summed E-state index contributed by atoms with van der Waals surface area (Å²) in [6.45, 7) is 2.30. The maximum atomic E-state index is 13.3. The number of benzene rings is 2. The van der Waals surface area contributed by atoms with Gasteiger partial charge in [0.1, 0.15) is 29.2 Å². The molecule has 26 heavy (non-hydrogen) atoms. The van der Waals surface area contributed by atoms with E-state index in [1.807, 2.05) is 6.92 Å². The fourth-order valence-electron chi connectivity index (χ4n) is 2.27. The molecule has 2 aromatic rings. The molecule has 0 spiro atoms. The number of anilines is 1. The molecule has 0 aliphatic carbocycles. The largest absolute Gasteiger partial charge is 0.497 e. The van der Waals surface area contributed by atoms with Crippen LogP contribution >= 0.6 is 0 Å². The van der Waals surface area contributed by atoms with Crippen LogP contribution in [0.25, 0.3) is 0 Å². The maximum Gasteiger partial charge on any atom is 0.193 e. The molecule has 0 aromatic heterocycles. The molecule has 3 N–H and O–H groups in total. The Morgan fingerprint density at radius 3 is 2.62 bits per heavy atom. The van der Waals surface area contributed by atoms with Crippen molar-refractivity contribution in [2.24, 2.45) is 10.7 Å². The van der Waals surface area contributed by atoms with E-state index in [0.717, 1.165) is 0 Å². The monoisotopic (exact) mass is 361 g/mol. The molecule has 0 aliphatic rings. The van der Waals surface area contributed by atoms with Crippen molar-refractivity contribution in [1.29, 1.82) is 0 Å². The lowest BCUT2D eigenvalue weighted by atomic mass is 10.2. The molecule has 1 unspecified atom stereocenters. The first kappa shape index (κ1) is 19.4. The van der Waals surface area contributed by atoms with E-state index in [1.165, 1.54) is 12.1 Å². The molecule has 140 valence electrons. The van der Waals surface area contributed by atoms with Gasteiger partial charge in [0.15, 0.2) is 5.96 Å². The van der Waals surface area contributed by atoms with Crippen LogP contribution in [0.3, 0.4) is 0 Å². The molecule has 7 heteroatoms. The summed E-state index contributed by atoms with van der Waals surface area (Å²) in [5, 5.41) is 3.00. The molecule has 0 fully saturated rings. The molecule has 2 aromatic carbocycles. The molecule has 0 bridgehead atoms. The zero-order valence-electron chi connectivity index (χ0n) is 15.2. The Bertz CT molecular complexity index is 753. The average molecular weight is 361 g/mol. The molecular weight excluding hydrogens is 337 g/mol. The molecular formula is C19H24FN3O3. The van der Waals surface area contributed by atoms with Crippen molar-refractivity contribution in [1.82, 2.24) is 0 Å². The fraction of sp³-hybridized carbons (Fsp3) is 0.316. The first-order chi connectivity index (χ1) is 12.5. The smallest absolute Gasteiger partial charge is 0.193 e. The van der Waals surface area contributed by atoms with Gasteiger partial charge >= 0.3 is 0 Å². The van der Waals surface area contributed by atoms with Gasteiger partial charge in [0.2, 0.25) is 0 Å². The number of rotatable bonds is 8. The van der Waals surface area contributed by atoms with Crippen molar-refractivity contribution in [2.45, 2.75) is 19.4 Å². The third-order valence-corrected chi connectivity index (χ3v) is 3.69. The first-order valence-electron chi connectivity index (χ1n) is 8.27. The highest BCUT2D eigenvalue weighted by atomic mass is 19.1. The van der Waals surface area contributed by atoms with Crippen LogP contribution in [0.5, 0.6) is 17.2 Å². The highest BCUT2D eigenvalue weighted by Gasteiger charge is 2.10. The Kier molecular flexibility index (Phi) is 7.08. The second-order valence-electron chi connectivity index (χ2n) is 5.52. The number of nitrogens with two attached hydrogens (primary N) is 1. The Balaban J connectivity index is 2.02. The Morgan fingerprint density at radius 2 is 1.96 bits per heavy atom. The second-order valence-corrected chi connectivity index (χ2v) is 5.52. The van der Waals surface area contributed by atoms with Gasteiger partial charge < -0.3 is 25.3 Å². The summed E-state index contributed by atoms with van der Waals surface area (Å²) < 4.78 is 29.5. The second kappa shape index (κ2) is 9.50. The Labute approximate surface area is 152 Å². The minimum absolute atomic E-state index is 0.218. The molecule has 0 heterocycles. The van der Waals surface area contributed by atoms with E-state index in [-0.39, 0.29) is 17.9 Å². The minimum Gasteiger partial charge on any atom is -0.497 e. The highest BCUT2D eigenvalue weighted by Crippen LogP contribution is 2.28. The lowest BCUT2D eigenvalue weighted by molar-refractivity contribution is 0.205. The van der Waals surface area contributed by atoms with Crippen LogP contribution in [0.15, 0.2) is 47.5 Å². The van der Waals surface area contributed by atoms with Crippen LogP contribution in [0, 0.1) is 5.82 Å². The SMILES string of the molecule is CCC(CN=C(N)Nc1cc(OC)ccc1OC)Oc1cccc(F)c1. The van der Waals surface area contributed by atoms with E-state index < -0.39 is 0 Å². The lowest BCUT2D eigenvalue weighted by Crippen LogP contribution is -2.27. The topological polar surface area (TPSA) is 78.1 Å². The zero-order valence-corrected chi connectivity index (χ0v) is 15.2. The molecule has 0 radical (unpaired) electrons. The van der Waals surface area contributed by atoms with Crippen LogP contribution in [-0.4, -0.2) is 32.8 Å². The first-order valence-corrected chi connectivity index (χ1v) is 8.27. The van der Waals surface area contributed by atoms with E-state index in [2.05, 4.69) is 10.3 Å². The summed E-state index contributed by atoms with van der Waals surface area (Å²) in [6.07, 6.45) is 0.486. The van der Waals surface area contributed by atoms with Crippen molar-refractivity contribution in [3.8, 4) is 17.2 Å². The summed E-state index contributed by atoms with van der Waals surface area (Å²) in [5.41, 5.74) is 6.61. The van der Waals surface area contributed by atoms with Crippen molar-refractivity contribution in [3.05, 3.63) is 48.3 Å². The van der Waals surface area contributed by atoms with Crippen LogP contribution in [-0.2, 0) is 0 Å². The van der Waals surface area contributed by atoms with Gasteiger partial charge in [-0.3, -0.25) is 0 Å². The summed E-state index contributed by atoms with van der Waals surface area (Å²) >= 11 is 0. The molecule has 0 saturated carbocycles. The average Bonchev–Trinajstić information content (AvgIpc) is 2.65. The van der Waals surface area contributed by atoms with Gasteiger partial charge in [0.05, 0.1) is 26.5 Å². The molecule has 0 amide bonds. The molecule has 2 rings (SSSR count). The third-order valence-electron chi connectivity index (χ3n) is 3.69. The van der Waals surface area contributed by atoms with E-state index >= 15 is 0 Å². The minimum atomic E-state index is -0.341. The number of ether oxygens (including phenoxy) is 3. The number of methoxy groups -OCH3 is 2. The van der Waals surface area contributed by atoms with Gasteiger partial charge in [-0.15, -0.1) is 0 Å². The fourth-order valence-corrected chi connectivity index (χ4v) is 2.27. The summed E-state index contributed by atoms with van der Waals surface area (Å²) in [4.78, 5) is 4.31. The molecule has 0 aliphatic heterocycles. The molecule has 0 saturated heterocycles. The van der Waals surface area contributed by atoms with Gasteiger partial charge in [0, 0.05) is 12.1 Å². The van der Waals surface area contributed by atoms with Gasteiger partial charge in [-0.1, -0.05) is 13.0 Å². The predicted molar refractivity (Wildman–Crippen MR) is 101 cm³/mol. The number of aliphatic imine (C=N–C) groups is 1. The van der Waals surface area contributed by atoms with Crippen molar-refractivity contribution >= 4 is 11.6 Å². The van der Waals surface area contributed by atoms with Crippen molar-refractivity contribution < 1.29 is 18.6 Å². The predicted octanol–water partition coefficient (Wildman–Crippen LogP) is 3.43. The normalized spacial score (nSPS) is 12.4. The van der Waals surface area contributed by atoms with Crippen LogP contribution in [0.1, 0.15) is 13.3 Å². The maximum absolute atomic E-state index is 13.3. The molecule has 6 nitrogen and oxygen atoms in total. The van der Waals surface area contributed by atoms with Crippen molar-refractivity contribution in [2.75, 3.05) is 26.1 Å². The van der Waals surface area contributed by atoms with Crippen LogP contribution in [0.2, 0.25) is 0 Å². The number of hydrogen-bond donors (Lipinski definition) is 2. The summed E-state index contributed by atoms with van der Waals surface area (Å²) in [6, 6.07) is 11.4. The van der Waals surface area contributed by atoms with E-state index in [1.54, 1.807) is 44.6 Å². The number of hydrogen-bond acceptors (Lipinski definition) is 4. The van der Waals surface area contributed by atoms with Gasteiger partial charge in [0.25, 0.3) is 0 Å². The Morgan fingerprint density at radius 1 is 1.15 bits per heavy atom. The summed E-state index contributed by atoms with van der Waals surface area (Å²) in [7, 11) is 3.15. The Hall–Kier alpha value is -2.96. The standard InChI is InChI=1S/C19H24FN3O3/c1-4-14(26-16-7-5-6-13(20)10-16)12-22-19(21)23-17-11-15(24-2)8-9-18(17)25-3/h5-11,14H,4,12H2,1-3H3,(H3,21,22,23). The van der Waals surface area contributed by atoms with E-state index in [4.69, 9.17) is 19.9 Å². The number of nitrogens with one attached hydrogen (secondary N) is 1.